The molecule has 27 heavy (non-hydrogen) atoms. The zero-order valence-corrected chi connectivity index (χ0v) is 14.9. The fourth-order valence-corrected chi connectivity index (χ4v) is 2.95. The summed E-state index contributed by atoms with van der Waals surface area (Å²) in [5.41, 5.74) is 4.07. The van der Waals surface area contributed by atoms with Crippen molar-refractivity contribution in [3.05, 3.63) is 78.0 Å². The third kappa shape index (κ3) is 3.79. The molecule has 4 aromatic rings. The van der Waals surface area contributed by atoms with Crippen LogP contribution in [0, 0.1) is 6.92 Å². The molecule has 0 atom stereocenters. The number of carbonyl (C=O) groups is 1. The van der Waals surface area contributed by atoms with Gasteiger partial charge < -0.3 is 15.6 Å². The van der Waals surface area contributed by atoms with Crippen LogP contribution >= 0.6 is 0 Å². The van der Waals surface area contributed by atoms with Gasteiger partial charge in [-0.05, 0) is 42.3 Å². The van der Waals surface area contributed by atoms with Crippen molar-refractivity contribution in [3.63, 3.8) is 0 Å². The topological polar surface area (TPSA) is 82.7 Å². The molecule has 0 radical (unpaired) electrons. The maximum atomic E-state index is 12.3. The Balaban J connectivity index is 1.41. The van der Waals surface area contributed by atoms with Crippen LogP contribution in [-0.2, 0) is 11.2 Å². The van der Waals surface area contributed by atoms with E-state index in [-0.39, 0.29) is 12.3 Å². The van der Waals surface area contributed by atoms with E-state index in [1.54, 1.807) is 12.1 Å². The SMILES string of the molecule is Cc1ccccc1Nc1ccc(NC(=O)Cc2c[nH]c3ccccc23)nn1. The van der Waals surface area contributed by atoms with Crippen LogP contribution in [0.25, 0.3) is 10.9 Å². The van der Waals surface area contributed by atoms with E-state index in [1.165, 1.54) is 0 Å². The lowest BCUT2D eigenvalue weighted by atomic mass is 10.1. The number of anilines is 3. The number of carbonyl (C=O) groups excluding carboxylic acids is 1. The van der Waals surface area contributed by atoms with Gasteiger partial charge in [0.1, 0.15) is 0 Å². The van der Waals surface area contributed by atoms with Gasteiger partial charge in [0.2, 0.25) is 5.91 Å². The van der Waals surface area contributed by atoms with Gasteiger partial charge in [-0.3, -0.25) is 4.79 Å². The number of para-hydroxylation sites is 2. The number of rotatable bonds is 5. The molecule has 2 heterocycles. The summed E-state index contributed by atoms with van der Waals surface area (Å²) in [6.07, 6.45) is 2.14. The molecule has 0 fully saturated rings. The van der Waals surface area contributed by atoms with E-state index in [1.807, 2.05) is 61.7 Å². The molecule has 0 saturated carbocycles. The minimum atomic E-state index is -0.131. The quantitative estimate of drug-likeness (QED) is 0.500. The highest BCUT2D eigenvalue weighted by Gasteiger charge is 2.10. The second-order valence-electron chi connectivity index (χ2n) is 6.33. The molecule has 0 unspecified atom stereocenters. The third-order valence-corrected chi connectivity index (χ3v) is 4.37. The molecule has 1 amide bonds. The van der Waals surface area contributed by atoms with Gasteiger partial charge in [0, 0.05) is 22.8 Å². The number of benzene rings is 2. The molecule has 6 nitrogen and oxygen atoms in total. The Morgan fingerprint density at radius 3 is 2.52 bits per heavy atom. The van der Waals surface area contributed by atoms with E-state index < -0.39 is 0 Å². The van der Waals surface area contributed by atoms with E-state index in [0.29, 0.717) is 11.6 Å². The first-order chi connectivity index (χ1) is 13.2. The van der Waals surface area contributed by atoms with Gasteiger partial charge in [-0.15, -0.1) is 10.2 Å². The lowest BCUT2D eigenvalue weighted by molar-refractivity contribution is -0.115. The average molecular weight is 357 g/mol. The lowest BCUT2D eigenvalue weighted by Crippen LogP contribution is -2.15. The molecule has 6 heteroatoms. The number of fused-ring (bicyclic) bond motifs is 1. The Bertz CT molecular complexity index is 1090. The minimum Gasteiger partial charge on any atom is -0.361 e. The monoisotopic (exact) mass is 357 g/mol. The van der Waals surface area contributed by atoms with Crippen molar-refractivity contribution < 1.29 is 4.79 Å². The van der Waals surface area contributed by atoms with Gasteiger partial charge in [0.25, 0.3) is 0 Å². The highest BCUT2D eigenvalue weighted by Crippen LogP contribution is 2.20. The molecule has 0 aliphatic carbocycles. The fourth-order valence-electron chi connectivity index (χ4n) is 2.95. The van der Waals surface area contributed by atoms with Crippen molar-refractivity contribution in [2.75, 3.05) is 10.6 Å². The number of aromatic amines is 1. The molecular formula is C21H19N5O. The number of hydrogen-bond acceptors (Lipinski definition) is 4. The summed E-state index contributed by atoms with van der Waals surface area (Å²) in [5.74, 6) is 0.919. The Morgan fingerprint density at radius 2 is 1.70 bits per heavy atom. The van der Waals surface area contributed by atoms with Crippen LogP contribution in [0.15, 0.2) is 66.9 Å². The first-order valence-electron chi connectivity index (χ1n) is 8.70. The maximum absolute atomic E-state index is 12.3. The Morgan fingerprint density at radius 1 is 0.963 bits per heavy atom. The number of nitrogens with zero attached hydrogens (tertiary/aromatic N) is 2. The number of H-pyrrole nitrogens is 1. The number of amides is 1. The van der Waals surface area contributed by atoms with Gasteiger partial charge in [-0.2, -0.15) is 0 Å². The van der Waals surface area contributed by atoms with E-state index in [2.05, 4.69) is 25.8 Å². The molecule has 0 spiro atoms. The van der Waals surface area contributed by atoms with E-state index in [0.717, 1.165) is 27.7 Å². The van der Waals surface area contributed by atoms with Crippen LogP contribution in [0.5, 0.6) is 0 Å². The molecular weight excluding hydrogens is 338 g/mol. The lowest BCUT2D eigenvalue weighted by Gasteiger charge is -2.08. The smallest absolute Gasteiger partial charge is 0.230 e. The Labute approximate surface area is 156 Å². The van der Waals surface area contributed by atoms with Gasteiger partial charge >= 0.3 is 0 Å². The Kier molecular flexibility index (Phi) is 4.53. The van der Waals surface area contributed by atoms with Crippen molar-refractivity contribution in [3.8, 4) is 0 Å². The summed E-state index contributed by atoms with van der Waals surface area (Å²) in [6, 6.07) is 19.4. The maximum Gasteiger partial charge on any atom is 0.230 e. The summed E-state index contributed by atoms with van der Waals surface area (Å²) in [7, 11) is 0. The van der Waals surface area contributed by atoms with Gasteiger partial charge in [0.15, 0.2) is 11.6 Å². The predicted octanol–water partition coefficient (Wildman–Crippen LogP) is 4.19. The predicted molar refractivity (Wildman–Crippen MR) is 107 cm³/mol. The van der Waals surface area contributed by atoms with Crippen molar-refractivity contribution in [1.82, 2.24) is 15.2 Å². The number of aromatic nitrogens is 3. The molecule has 0 bridgehead atoms. The molecule has 3 N–H and O–H groups in total. The summed E-state index contributed by atoms with van der Waals surface area (Å²) < 4.78 is 0. The van der Waals surface area contributed by atoms with Gasteiger partial charge in [0.05, 0.1) is 6.42 Å². The zero-order valence-electron chi connectivity index (χ0n) is 14.9. The summed E-state index contributed by atoms with van der Waals surface area (Å²) in [5, 5.41) is 15.3. The van der Waals surface area contributed by atoms with Crippen LogP contribution < -0.4 is 10.6 Å². The fraction of sp³-hybridized carbons (Fsp3) is 0.0952. The zero-order chi connectivity index (χ0) is 18.6. The molecule has 2 aromatic heterocycles. The van der Waals surface area contributed by atoms with Crippen LogP contribution in [0.1, 0.15) is 11.1 Å². The number of nitrogens with one attached hydrogen (secondary N) is 3. The second-order valence-corrected chi connectivity index (χ2v) is 6.33. The summed E-state index contributed by atoms with van der Waals surface area (Å²) in [6.45, 7) is 2.02. The highest BCUT2D eigenvalue weighted by atomic mass is 16.1. The normalized spacial score (nSPS) is 10.7. The first-order valence-corrected chi connectivity index (χ1v) is 8.70. The molecule has 4 rings (SSSR count). The molecule has 2 aromatic carbocycles. The van der Waals surface area contributed by atoms with Crippen molar-refractivity contribution in [2.45, 2.75) is 13.3 Å². The highest BCUT2D eigenvalue weighted by molar-refractivity contribution is 5.95. The number of aryl methyl sites for hydroxylation is 1. The van der Waals surface area contributed by atoms with E-state index in [4.69, 9.17) is 0 Å². The Hall–Kier alpha value is -3.67. The third-order valence-electron chi connectivity index (χ3n) is 4.37. The van der Waals surface area contributed by atoms with Crippen molar-refractivity contribution >= 4 is 34.1 Å². The van der Waals surface area contributed by atoms with E-state index >= 15 is 0 Å². The van der Waals surface area contributed by atoms with Gasteiger partial charge in [-0.1, -0.05) is 36.4 Å². The minimum absolute atomic E-state index is 0.131. The van der Waals surface area contributed by atoms with Crippen molar-refractivity contribution in [1.29, 1.82) is 0 Å². The van der Waals surface area contributed by atoms with Crippen LogP contribution in [0.3, 0.4) is 0 Å². The van der Waals surface area contributed by atoms with Crippen LogP contribution in [-0.4, -0.2) is 21.1 Å². The standard InChI is InChI=1S/C21H19N5O/c1-14-6-2-4-8-17(14)23-19-10-11-20(26-25-19)24-21(27)12-15-13-22-18-9-5-3-7-16(15)18/h2-11,13,22H,12H2,1H3,(H,23,25)(H,24,26,27). The second kappa shape index (κ2) is 7.29. The summed E-state index contributed by atoms with van der Waals surface area (Å²) >= 11 is 0. The van der Waals surface area contributed by atoms with Crippen LogP contribution in [0.4, 0.5) is 17.3 Å². The van der Waals surface area contributed by atoms with Crippen molar-refractivity contribution in [2.24, 2.45) is 0 Å². The van der Waals surface area contributed by atoms with Crippen LogP contribution in [0.2, 0.25) is 0 Å². The number of hydrogen-bond donors (Lipinski definition) is 3. The molecule has 0 aliphatic rings. The largest absolute Gasteiger partial charge is 0.361 e. The first kappa shape index (κ1) is 16.8. The summed E-state index contributed by atoms with van der Waals surface area (Å²) in [4.78, 5) is 15.5. The average Bonchev–Trinajstić information content (AvgIpc) is 3.08. The van der Waals surface area contributed by atoms with E-state index in [9.17, 15) is 4.79 Å². The molecule has 0 saturated heterocycles. The van der Waals surface area contributed by atoms with Gasteiger partial charge in [-0.25, -0.2) is 0 Å². The molecule has 0 aliphatic heterocycles. The molecule has 134 valence electrons.